The van der Waals surface area contributed by atoms with Crippen LogP contribution in [0.3, 0.4) is 0 Å². The molecule has 0 bridgehead atoms. The summed E-state index contributed by atoms with van der Waals surface area (Å²) >= 11 is 0. The molecule has 64 valence electrons. The van der Waals surface area contributed by atoms with E-state index in [9.17, 15) is 0 Å². The molecule has 4 heteroatoms. The molecule has 0 rings (SSSR count). The van der Waals surface area contributed by atoms with Crippen LogP contribution in [-0.2, 0) is 0 Å². The minimum atomic E-state index is -1.05. The fourth-order valence-corrected chi connectivity index (χ4v) is 0.683. The Morgan fingerprint density at radius 2 is 1.64 bits per heavy atom. The molecular weight excluding hydrogens is 146 g/mol. The molecule has 0 aromatic heterocycles. The zero-order valence-electron chi connectivity index (χ0n) is 6.49. The van der Waals surface area contributed by atoms with Gasteiger partial charge in [-0.1, -0.05) is 0 Å². The molecule has 0 aliphatic carbocycles. The van der Waals surface area contributed by atoms with Gasteiger partial charge in [-0.3, -0.25) is 0 Å². The smallest absolute Gasteiger partial charge is 0.233 e. The topological polar surface area (TPSA) is 65.0 Å². The monoisotopic (exact) mass is 159 g/mol. The molecule has 0 amide bonds. The molecule has 0 heterocycles. The van der Waals surface area contributed by atoms with Gasteiger partial charge in [0.2, 0.25) is 6.04 Å². The van der Waals surface area contributed by atoms with E-state index in [1.165, 1.54) is 0 Å². The molecule has 1 atom stereocenters. The lowest BCUT2D eigenvalue weighted by molar-refractivity contribution is -0.00107. The third-order valence-electron chi connectivity index (χ3n) is 2.02. The first kappa shape index (κ1) is 10.4. The predicted octanol–water partition coefficient (Wildman–Crippen LogP) is -0.743. The lowest BCUT2D eigenvalue weighted by atomic mass is 9.84. The van der Waals surface area contributed by atoms with Crippen LogP contribution >= 0.6 is 0 Å². The van der Waals surface area contributed by atoms with E-state index in [1.807, 2.05) is 0 Å². The van der Waals surface area contributed by atoms with Crippen LogP contribution in [-0.4, -0.2) is 41.2 Å². The summed E-state index contributed by atoms with van der Waals surface area (Å²) in [6, 6.07) is -0.567. The zero-order valence-corrected chi connectivity index (χ0v) is 6.49. The van der Waals surface area contributed by atoms with Gasteiger partial charge in [0.05, 0.1) is 19.8 Å². The maximum atomic E-state index is 8.81. The third kappa shape index (κ3) is 1.90. The molecule has 0 aliphatic rings. The van der Waals surface area contributed by atoms with Crippen molar-refractivity contribution in [3.05, 3.63) is 11.4 Å². The number of aliphatic hydroxyl groups excluding tert-OH is 3. The van der Waals surface area contributed by atoms with E-state index in [1.54, 1.807) is 6.92 Å². The minimum Gasteiger partial charge on any atom is -0.395 e. The first-order valence-corrected chi connectivity index (χ1v) is 3.36. The Bertz CT molecular complexity index is 140. The molecular formula is C7H13NO3. The first-order valence-electron chi connectivity index (χ1n) is 3.36. The van der Waals surface area contributed by atoms with E-state index in [0.717, 1.165) is 0 Å². The van der Waals surface area contributed by atoms with Crippen LogP contribution in [0.4, 0.5) is 0 Å². The van der Waals surface area contributed by atoms with E-state index >= 15 is 0 Å². The Labute approximate surface area is 65.9 Å². The van der Waals surface area contributed by atoms with Crippen molar-refractivity contribution in [2.75, 3.05) is 19.8 Å². The molecule has 3 N–H and O–H groups in total. The van der Waals surface area contributed by atoms with Gasteiger partial charge in [0, 0.05) is 6.92 Å². The van der Waals surface area contributed by atoms with Gasteiger partial charge < -0.3 is 20.2 Å². The van der Waals surface area contributed by atoms with Crippen molar-refractivity contribution < 1.29 is 15.3 Å². The second-order valence-corrected chi connectivity index (χ2v) is 2.64. The highest BCUT2D eigenvalue weighted by molar-refractivity contribution is 4.93. The van der Waals surface area contributed by atoms with Crippen molar-refractivity contribution in [2.45, 2.75) is 13.0 Å². The van der Waals surface area contributed by atoms with E-state index in [-0.39, 0.29) is 19.8 Å². The van der Waals surface area contributed by atoms with E-state index in [4.69, 9.17) is 21.9 Å². The summed E-state index contributed by atoms with van der Waals surface area (Å²) < 4.78 is 0. The van der Waals surface area contributed by atoms with Crippen LogP contribution in [0.1, 0.15) is 6.92 Å². The molecule has 0 aromatic carbocycles. The van der Waals surface area contributed by atoms with Crippen molar-refractivity contribution in [3.8, 4) is 0 Å². The van der Waals surface area contributed by atoms with Crippen molar-refractivity contribution in [2.24, 2.45) is 5.41 Å². The number of hydrogen-bond acceptors (Lipinski definition) is 3. The summed E-state index contributed by atoms with van der Waals surface area (Å²) in [5.41, 5.74) is -1.05. The molecule has 0 saturated carbocycles. The summed E-state index contributed by atoms with van der Waals surface area (Å²) in [6.07, 6.45) is 0. The van der Waals surface area contributed by atoms with Crippen LogP contribution in [0.15, 0.2) is 0 Å². The van der Waals surface area contributed by atoms with Crippen LogP contribution in [0.5, 0.6) is 0 Å². The molecule has 0 saturated heterocycles. The number of aliphatic hydroxyl groups is 3. The largest absolute Gasteiger partial charge is 0.395 e. The summed E-state index contributed by atoms with van der Waals surface area (Å²) in [7, 11) is 0. The standard InChI is InChI=1S/C7H13NO3/c1-6(8-2)7(3-9,4-10)5-11/h6,9-11H,3-5H2,1H3. The van der Waals surface area contributed by atoms with Crippen LogP contribution < -0.4 is 0 Å². The highest BCUT2D eigenvalue weighted by Crippen LogP contribution is 2.22. The average Bonchev–Trinajstić information content (AvgIpc) is 2.08. The fourth-order valence-electron chi connectivity index (χ4n) is 0.683. The number of rotatable bonds is 4. The van der Waals surface area contributed by atoms with Crippen LogP contribution in [0, 0.1) is 12.0 Å². The lowest BCUT2D eigenvalue weighted by Gasteiger charge is -2.25. The third-order valence-corrected chi connectivity index (χ3v) is 2.02. The Balaban J connectivity index is 4.42. The Morgan fingerprint density at radius 3 is 1.73 bits per heavy atom. The average molecular weight is 159 g/mol. The molecule has 0 aromatic rings. The van der Waals surface area contributed by atoms with Crippen molar-refractivity contribution >= 4 is 0 Å². The normalized spacial score (nSPS) is 14.1. The first-order chi connectivity index (χ1) is 5.16. The van der Waals surface area contributed by atoms with E-state index in [0.29, 0.717) is 0 Å². The molecule has 0 radical (unpaired) electrons. The van der Waals surface area contributed by atoms with Gasteiger partial charge in [0.15, 0.2) is 0 Å². The maximum absolute atomic E-state index is 8.81. The van der Waals surface area contributed by atoms with Crippen molar-refractivity contribution in [1.29, 1.82) is 0 Å². The van der Waals surface area contributed by atoms with Crippen molar-refractivity contribution in [1.82, 2.24) is 0 Å². The van der Waals surface area contributed by atoms with Crippen LogP contribution in [0.25, 0.3) is 4.85 Å². The maximum Gasteiger partial charge on any atom is 0.233 e. The Morgan fingerprint density at radius 1 is 1.27 bits per heavy atom. The summed E-state index contributed by atoms with van der Waals surface area (Å²) in [6.45, 7) is 7.12. The summed E-state index contributed by atoms with van der Waals surface area (Å²) in [5, 5.41) is 26.4. The van der Waals surface area contributed by atoms with E-state index < -0.39 is 11.5 Å². The molecule has 0 aliphatic heterocycles. The van der Waals surface area contributed by atoms with Gasteiger partial charge >= 0.3 is 0 Å². The van der Waals surface area contributed by atoms with Crippen LogP contribution in [0.2, 0.25) is 0 Å². The van der Waals surface area contributed by atoms with E-state index in [2.05, 4.69) is 4.85 Å². The minimum absolute atomic E-state index is 0.371. The Hall–Kier alpha value is -0.630. The highest BCUT2D eigenvalue weighted by atomic mass is 16.3. The second kappa shape index (κ2) is 4.29. The summed E-state index contributed by atoms with van der Waals surface area (Å²) in [5.74, 6) is 0. The van der Waals surface area contributed by atoms with Gasteiger partial charge in [-0.15, -0.1) is 0 Å². The summed E-state index contributed by atoms with van der Waals surface area (Å²) in [4.78, 5) is 3.14. The quantitative estimate of drug-likeness (QED) is 0.473. The molecule has 0 spiro atoms. The van der Waals surface area contributed by atoms with Gasteiger partial charge in [0.1, 0.15) is 5.41 Å². The number of nitrogens with zero attached hydrogens (tertiary/aromatic N) is 1. The van der Waals surface area contributed by atoms with Gasteiger partial charge in [-0.25, -0.2) is 6.57 Å². The lowest BCUT2D eigenvalue weighted by Crippen LogP contribution is -2.42. The van der Waals surface area contributed by atoms with Crippen molar-refractivity contribution in [3.63, 3.8) is 0 Å². The fraction of sp³-hybridized carbons (Fsp3) is 0.857. The predicted molar refractivity (Wildman–Crippen MR) is 39.8 cm³/mol. The second-order valence-electron chi connectivity index (χ2n) is 2.64. The number of hydrogen-bond donors (Lipinski definition) is 3. The van der Waals surface area contributed by atoms with Gasteiger partial charge in [-0.05, 0) is 0 Å². The molecule has 4 nitrogen and oxygen atoms in total. The highest BCUT2D eigenvalue weighted by Gasteiger charge is 2.39. The van der Waals surface area contributed by atoms with Gasteiger partial charge in [0.25, 0.3) is 0 Å². The Kier molecular flexibility index (Phi) is 4.04. The molecule has 11 heavy (non-hydrogen) atoms. The zero-order chi connectivity index (χ0) is 8.91. The molecule has 0 fully saturated rings. The molecule has 1 unspecified atom stereocenters. The SMILES string of the molecule is [C-]#[N+]C(C)C(CO)(CO)CO. The van der Waals surface area contributed by atoms with Gasteiger partial charge in [-0.2, -0.15) is 0 Å².